The van der Waals surface area contributed by atoms with Gasteiger partial charge >= 0.3 is 12.2 Å². The van der Waals surface area contributed by atoms with E-state index in [2.05, 4.69) is 4.99 Å². The van der Waals surface area contributed by atoms with Crippen LogP contribution in [-0.2, 0) is 22.7 Å². The first-order valence-corrected chi connectivity index (χ1v) is 8.63. The van der Waals surface area contributed by atoms with Crippen LogP contribution < -0.4 is 5.73 Å². The molecule has 7 nitrogen and oxygen atoms in total. The molecule has 0 spiro atoms. The Morgan fingerprint density at radius 3 is 1.74 bits per heavy atom. The minimum atomic E-state index is -0.936. The van der Waals surface area contributed by atoms with Crippen LogP contribution in [0.5, 0.6) is 0 Å². The first kappa shape index (κ1) is 20.0. The molecule has 0 radical (unpaired) electrons. The fourth-order valence-corrected chi connectivity index (χ4v) is 2.13. The van der Waals surface area contributed by atoms with Crippen LogP contribution in [0, 0.1) is 0 Å². The van der Waals surface area contributed by atoms with Gasteiger partial charge in [-0.05, 0) is 17.5 Å². The molecular formula is C20H23N3O4. The maximum absolute atomic E-state index is 12.4. The number of benzene rings is 2. The number of imide groups is 1. The molecule has 0 unspecified atom stereocenters. The van der Waals surface area contributed by atoms with E-state index in [1.807, 2.05) is 43.3 Å². The quantitative estimate of drug-likeness (QED) is 0.619. The predicted molar refractivity (Wildman–Crippen MR) is 102 cm³/mol. The minimum absolute atomic E-state index is 0.00317. The molecule has 27 heavy (non-hydrogen) atoms. The topological polar surface area (TPSA) is 94.2 Å². The second-order valence-electron chi connectivity index (χ2n) is 5.66. The highest BCUT2D eigenvalue weighted by Gasteiger charge is 2.28. The van der Waals surface area contributed by atoms with E-state index in [9.17, 15) is 9.59 Å². The van der Waals surface area contributed by atoms with Crippen molar-refractivity contribution in [3.05, 3.63) is 71.8 Å². The SMILES string of the molecule is CCCN=C(N)N(C(=O)OCc1ccccc1)C(=O)OCc1ccccc1. The molecule has 7 heteroatoms. The molecule has 142 valence electrons. The summed E-state index contributed by atoms with van der Waals surface area (Å²) in [6.07, 6.45) is -1.16. The van der Waals surface area contributed by atoms with Crippen LogP contribution in [-0.4, -0.2) is 29.6 Å². The number of ether oxygens (including phenoxy) is 2. The molecular weight excluding hydrogens is 346 g/mol. The van der Waals surface area contributed by atoms with Crippen molar-refractivity contribution in [1.82, 2.24) is 4.90 Å². The molecule has 0 aromatic heterocycles. The van der Waals surface area contributed by atoms with Crippen molar-refractivity contribution in [3.8, 4) is 0 Å². The highest BCUT2D eigenvalue weighted by atomic mass is 16.6. The number of rotatable bonds is 6. The Bertz CT molecular complexity index is 708. The molecule has 0 saturated heterocycles. The Morgan fingerprint density at radius 1 is 0.889 bits per heavy atom. The molecule has 0 aliphatic rings. The number of nitrogens with zero attached hydrogens (tertiary/aromatic N) is 2. The minimum Gasteiger partial charge on any atom is -0.444 e. The van der Waals surface area contributed by atoms with Crippen LogP contribution in [0.25, 0.3) is 0 Å². The van der Waals surface area contributed by atoms with E-state index < -0.39 is 12.2 Å². The lowest BCUT2D eigenvalue weighted by Gasteiger charge is -2.19. The zero-order valence-corrected chi connectivity index (χ0v) is 15.2. The number of aliphatic imine (C=N–C) groups is 1. The van der Waals surface area contributed by atoms with E-state index in [1.165, 1.54) is 0 Å². The third-order valence-corrected chi connectivity index (χ3v) is 3.50. The van der Waals surface area contributed by atoms with Gasteiger partial charge in [-0.2, -0.15) is 0 Å². The first-order valence-electron chi connectivity index (χ1n) is 8.63. The maximum atomic E-state index is 12.4. The summed E-state index contributed by atoms with van der Waals surface area (Å²) in [6.45, 7) is 2.29. The Kier molecular flexibility index (Phi) is 7.84. The van der Waals surface area contributed by atoms with Crippen molar-refractivity contribution in [2.45, 2.75) is 26.6 Å². The van der Waals surface area contributed by atoms with Crippen LogP contribution in [0.2, 0.25) is 0 Å². The van der Waals surface area contributed by atoms with E-state index >= 15 is 0 Å². The summed E-state index contributed by atoms with van der Waals surface area (Å²) in [7, 11) is 0. The van der Waals surface area contributed by atoms with Crippen molar-refractivity contribution < 1.29 is 19.1 Å². The number of amides is 2. The third-order valence-electron chi connectivity index (χ3n) is 3.50. The second kappa shape index (κ2) is 10.6. The number of guanidine groups is 1. The lowest BCUT2D eigenvalue weighted by molar-refractivity contribution is 0.0887. The number of hydrogen-bond acceptors (Lipinski definition) is 5. The van der Waals surface area contributed by atoms with E-state index in [0.29, 0.717) is 17.9 Å². The predicted octanol–water partition coefficient (Wildman–Crippen LogP) is 3.69. The summed E-state index contributed by atoms with van der Waals surface area (Å²) in [5.41, 5.74) is 7.39. The van der Waals surface area contributed by atoms with Crippen molar-refractivity contribution in [1.29, 1.82) is 0 Å². The molecule has 2 rings (SSSR count). The van der Waals surface area contributed by atoms with Crippen LogP contribution in [0.15, 0.2) is 65.7 Å². The van der Waals surface area contributed by atoms with Crippen LogP contribution in [0.4, 0.5) is 9.59 Å². The summed E-state index contributed by atoms with van der Waals surface area (Å²) in [5, 5.41) is 0. The Balaban J connectivity index is 2.04. The van der Waals surface area contributed by atoms with Gasteiger partial charge in [0, 0.05) is 6.54 Å². The summed E-state index contributed by atoms with van der Waals surface area (Å²) in [4.78, 5) is 29.5. The molecule has 0 fully saturated rings. The Morgan fingerprint density at radius 2 is 1.33 bits per heavy atom. The molecule has 2 amide bonds. The van der Waals surface area contributed by atoms with Gasteiger partial charge in [-0.15, -0.1) is 4.90 Å². The molecule has 0 bridgehead atoms. The molecule has 0 aliphatic heterocycles. The van der Waals surface area contributed by atoms with E-state index in [0.717, 1.165) is 11.1 Å². The van der Waals surface area contributed by atoms with Crippen molar-refractivity contribution in [2.24, 2.45) is 10.7 Å². The number of hydrogen-bond donors (Lipinski definition) is 1. The van der Waals surface area contributed by atoms with Gasteiger partial charge in [0.2, 0.25) is 5.96 Å². The van der Waals surface area contributed by atoms with Crippen LogP contribution in [0.3, 0.4) is 0 Å². The third kappa shape index (κ3) is 6.47. The lowest BCUT2D eigenvalue weighted by Crippen LogP contribution is -2.46. The lowest BCUT2D eigenvalue weighted by atomic mass is 10.2. The molecule has 2 aromatic carbocycles. The van der Waals surface area contributed by atoms with Gasteiger partial charge in [0.1, 0.15) is 13.2 Å². The molecule has 0 atom stereocenters. The average Bonchev–Trinajstić information content (AvgIpc) is 2.71. The van der Waals surface area contributed by atoms with E-state index in [1.54, 1.807) is 24.3 Å². The fourth-order valence-electron chi connectivity index (χ4n) is 2.13. The highest BCUT2D eigenvalue weighted by molar-refractivity contribution is 6.07. The largest absolute Gasteiger partial charge is 0.444 e. The maximum Gasteiger partial charge on any atom is 0.426 e. The zero-order chi connectivity index (χ0) is 19.5. The van der Waals surface area contributed by atoms with Crippen LogP contribution in [0.1, 0.15) is 24.5 Å². The highest BCUT2D eigenvalue weighted by Crippen LogP contribution is 2.07. The molecule has 2 N–H and O–H groups in total. The summed E-state index contributed by atoms with van der Waals surface area (Å²) < 4.78 is 10.4. The van der Waals surface area contributed by atoms with Crippen molar-refractivity contribution >= 4 is 18.1 Å². The van der Waals surface area contributed by atoms with Crippen molar-refractivity contribution in [3.63, 3.8) is 0 Å². The smallest absolute Gasteiger partial charge is 0.426 e. The van der Waals surface area contributed by atoms with Crippen molar-refractivity contribution in [2.75, 3.05) is 6.54 Å². The second-order valence-corrected chi connectivity index (χ2v) is 5.66. The van der Waals surface area contributed by atoms with Gasteiger partial charge in [0.25, 0.3) is 0 Å². The molecule has 0 heterocycles. The van der Waals surface area contributed by atoms with Gasteiger partial charge in [-0.25, -0.2) is 9.59 Å². The van der Waals surface area contributed by atoms with Gasteiger partial charge in [-0.3, -0.25) is 4.99 Å². The van der Waals surface area contributed by atoms with E-state index in [4.69, 9.17) is 15.2 Å². The summed E-state index contributed by atoms with van der Waals surface area (Å²) in [6, 6.07) is 18.2. The summed E-state index contributed by atoms with van der Waals surface area (Å²) in [5.74, 6) is -0.257. The first-order chi connectivity index (χ1) is 13.1. The fraction of sp³-hybridized carbons (Fsp3) is 0.250. The van der Waals surface area contributed by atoms with E-state index in [-0.39, 0.29) is 19.2 Å². The molecule has 0 aliphatic carbocycles. The average molecular weight is 369 g/mol. The number of carbonyl (C=O) groups excluding carboxylic acids is 2. The van der Waals surface area contributed by atoms with Gasteiger partial charge < -0.3 is 15.2 Å². The molecule has 0 saturated carbocycles. The van der Waals surface area contributed by atoms with Crippen LogP contribution >= 0.6 is 0 Å². The zero-order valence-electron chi connectivity index (χ0n) is 15.2. The van der Waals surface area contributed by atoms with Gasteiger partial charge in [0.15, 0.2) is 0 Å². The van der Waals surface area contributed by atoms with Gasteiger partial charge in [-0.1, -0.05) is 67.6 Å². The normalized spacial score (nSPS) is 10.9. The summed E-state index contributed by atoms with van der Waals surface area (Å²) >= 11 is 0. The Labute approximate surface area is 158 Å². The number of carbonyl (C=O) groups is 2. The standard InChI is InChI=1S/C20H23N3O4/c1-2-13-22-18(21)23(19(24)26-14-16-9-5-3-6-10-16)20(25)27-15-17-11-7-4-8-12-17/h3-12H,2,13-15H2,1H3,(H2,21,22). The monoisotopic (exact) mass is 369 g/mol. The number of nitrogens with two attached hydrogens (primary N) is 1. The molecule has 2 aromatic rings. The Hall–Kier alpha value is -3.35. The van der Waals surface area contributed by atoms with Gasteiger partial charge in [0.05, 0.1) is 0 Å².